The molecule has 1 saturated heterocycles. The van der Waals surface area contributed by atoms with Gasteiger partial charge in [0, 0.05) is 25.6 Å². The molecule has 6 atom stereocenters. The third-order valence-electron chi connectivity index (χ3n) is 7.56. The van der Waals surface area contributed by atoms with Crippen LogP contribution in [0.15, 0.2) is 0 Å². The second-order valence-electron chi connectivity index (χ2n) is 10.2. The predicted octanol–water partition coefficient (Wildman–Crippen LogP) is 3.12. The molecule has 3 fully saturated rings. The third kappa shape index (κ3) is 5.76. The minimum absolute atomic E-state index is 0.00136. The zero-order valence-corrected chi connectivity index (χ0v) is 21.1. The molecule has 0 bridgehead atoms. The summed E-state index contributed by atoms with van der Waals surface area (Å²) in [6.45, 7) is 9.49. The van der Waals surface area contributed by atoms with E-state index >= 15 is 0 Å². The topological polar surface area (TPSA) is 96.0 Å². The maximum atomic E-state index is 12.9. The summed E-state index contributed by atoms with van der Waals surface area (Å²) in [5.74, 6) is 1.02. The molecular weight excluding hydrogens is 430 g/mol. The second kappa shape index (κ2) is 10.3. The first-order chi connectivity index (χ1) is 15.0. The molecule has 2 saturated carbocycles. The molecule has 3 aliphatic rings. The van der Waals surface area contributed by atoms with Gasteiger partial charge < -0.3 is 14.5 Å². The molecule has 8 nitrogen and oxygen atoms in total. The lowest BCUT2D eigenvalue weighted by atomic mass is 9.69. The fraction of sp³-hybridized carbons (Fsp3) is 0.913. The molecule has 0 spiro atoms. The van der Waals surface area contributed by atoms with Gasteiger partial charge in [-0.3, -0.25) is 4.79 Å². The van der Waals surface area contributed by atoms with Crippen LogP contribution in [-0.4, -0.2) is 72.8 Å². The van der Waals surface area contributed by atoms with Crippen LogP contribution >= 0.6 is 0 Å². The van der Waals surface area contributed by atoms with E-state index in [-0.39, 0.29) is 48.0 Å². The van der Waals surface area contributed by atoms with Crippen LogP contribution in [0, 0.1) is 11.8 Å². The van der Waals surface area contributed by atoms with Crippen LogP contribution in [0.25, 0.3) is 0 Å². The zero-order chi connectivity index (χ0) is 23.6. The molecular formula is C23H41N3O5S. The van der Waals surface area contributed by atoms with Crippen LogP contribution in [0.4, 0.5) is 4.79 Å². The Kier molecular flexibility index (Phi) is 8.12. The number of sulfonamides is 1. The van der Waals surface area contributed by atoms with E-state index in [0.717, 1.165) is 44.9 Å². The summed E-state index contributed by atoms with van der Waals surface area (Å²) in [7, 11) is -3.21. The molecule has 1 N–H and O–H groups in total. The standard InChI is InChI=1S/C23H41N3O5S/c1-6-32(29,30)24-20-9-7-8-18(12-20)19-10-11-21-22(13-19)25(23(28)31-15(2)3)14-16(4)26(21)17(5)27/h15-16,18-22,24H,6-14H2,1-5H3/t16-,18?,19?,20?,21?,22?/m0/s1. The average Bonchev–Trinajstić information content (AvgIpc) is 2.71. The summed E-state index contributed by atoms with van der Waals surface area (Å²) in [5, 5.41) is 0. The van der Waals surface area contributed by atoms with Crippen LogP contribution in [0.1, 0.15) is 79.6 Å². The Morgan fingerprint density at radius 2 is 1.75 bits per heavy atom. The molecule has 32 heavy (non-hydrogen) atoms. The Morgan fingerprint density at radius 1 is 1.06 bits per heavy atom. The van der Waals surface area contributed by atoms with Crippen molar-refractivity contribution in [3.05, 3.63) is 0 Å². The fourth-order valence-corrected chi connectivity index (χ4v) is 7.10. The summed E-state index contributed by atoms with van der Waals surface area (Å²) in [5.41, 5.74) is 0. The monoisotopic (exact) mass is 471 g/mol. The minimum atomic E-state index is -3.21. The molecule has 2 aliphatic carbocycles. The first-order valence-electron chi connectivity index (χ1n) is 12.3. The number of piperazine rings is 1. The van der Waals surface area contributed by atoms with E-state index in [0.29, 0.717) is 18.4 Å². The smallest absolute Gasteiger partial charge is 0.410 e. The van der Waals surface area contributed by atoms with Crippen LogP contribution in [0.5, 0.6) is 0 Å². The van der Waals surface area contributed by atoms with Gasteiger partial charge in [-0.15, -0.1) is 0 Å². The molecule has 9 heteroatoms. The van der Waals surface area contributed by atoms with Gasteiger partial charge in [-0.25, -0.2) is 17.9 Å². The first kappa shape index (κ1) is 25.3. The highest BCUT2D eigenvalue weighted by Crippen LogP contribution is 2.43. The quantitative estimate of drug-likeness (QED) is 0.665. The minimum Gasteiger partial charge on any atom is -0.447 e. The lowest BCUT2D eigenvalue weighted by Gasteiger charge is -2.54. The van der Waals surface area contributed by atoms with Gasteiger partial charge in [0.05, 0.1) is 23.9 Å². The number of ether oxygens (including phenoxy) is 1. The van der Waals surface area contributed by atoms with Crippen LogP contribution in [0.3, 0.4) is 0 Å². The summed E-state index contributed by atoms with van der Waals surface area (Å²) < 4.78 is 32.6. The number of rotatable bonds is 5. The van der Waals surface area contributed by atoms with E-state index in [1.165, 1.54) is 0 Å². The SMILES string of the molecule is CCS(=O)(=O)NC1CCCC(C2CCC3C(C2)N(C(=O)OC(C)C)C[C@H](C)N3C(C)=O)C1. The van der Waals surface area contributed by atoms with Crippen LogP contribution < -0.4 is 4.72 Å². The van der Waals surface area contributed by atoms with Crippen molar-refractivity contribution in [1.82, 2.24) is 14.5 Å². The molecule has 3 rings (SSSR count). The average molecular weight is 472 g/mol. The van der Waals surface area contributed by atoms with Gasteiger partial charge in [0.1, 0.15) is 0 Å². The Hall–Kier alpha value is -1.35. The Bertz CT molecular complexity index is 787. The highest BCUT2D eigenvalue weighted by atomic mass is 32.2. The number of carbonyl (C=O) groups excluding carboxylic acids is 2. The summed E-state index contributed by atoms with van der Waals surface area (Å²) in [4.78, 5) is 29.2. The Morgan fingerprint density at radius 3 is 2.38 bits per heavy atom. The van der Waals surface area contributed by atoms with Crippen molar-refractivity contribution in [2.45, 2.75) is 110 Å². The van der Waals surface area contributed by atoms with Gasteiger partial charge in [0.15, 0.2) is 0 Å². The maximum absolute atomic E-state index is 12.9. The van der Waals surface area contributed by atoms with Crippen molar-refractivity contribution in [1.29, 1.82) is 0 Å². The number of hydrogen-bond acceptors (Lipinski definition) is 5. The number of amides is 2. The van der Waals surface area contributed by atoms with Gasteiger partial charge in [-0.05, 0) is 71.6 Å². The molecule has 184 valence electrons. The van der Waals surface area contributed by atoms with Crippen LogP contribution in [-0.2, 0) is 19.6 Å². The number of carbonyl (C=O) groups is 2. The highest BCUT2D eigenvalue weighted by molar-refractivity contribution is 7.89. The van der Waals surface area contributed by atoms with Crippen molar-refractivity contribution >= 4 is 22.0 Å². The maximum Gasteiger partial charge on any atom is 0.410 e. The largest absolute Gasteiger partial charge is 0.447 e. The Labute approximate surface area is 193 Å². The van der Waals surface area contributed by atoms with Gasteiger partial charge in [0.25, 0.3) is 0 Å². The van der Waals surface area contributed by atoms with E-state index in [2.05, 4.69) is 4.72 Å². The third-order valence-corrected chi connectivity index (χ3v) is 9.01. The van der Waals surface area contributed by atoms with Gasteiger partial charge in [0.2, 0.25) is 15.9 Å². The lowest BCUT2D eigenvalue weighted by Crippen LogP contribution is -2.67. The van der Waals surface area contributed by atoms with Crippen molar-refractivity contribution in [3.63, 3.8) is 0 Å². The molecule has 1 aliphatic heterocycles. The molecule has 5 unspecified atom stereocenters. The van der Waals surface area contributed by atoms with Crippen molar-refractivity contribution in [2.24, 2.45) is 11.8 Å². The second-order valence-corrected chi connectivity index (χ2v) is 12.3. The van der Waals surface area contributed by atoms with Gasteiger partial charge in [-0.1, -0.05) is 12.8 Å². The van der Waals surface area contributed by atoms with Crippen molar-refractivity contribution < 1.29 is 22.7 Å². The van der Waals surface area contributed by atoms with Gasteiger partial charge in [-0.2, -0.15) is 0 Å². The van der Waals surface area contributed by atoms with Crippen LogP contribution in [0.2, 0.25) is 0 Å². The highest BCUT2D eigenvalue weighted by Gasteiger charge is 2.48. The molecule has 2 amide bonds. The predicted molar refractivity (Wildman–Crippen MR) is 124 cm³/mol. The molecule has 0 radical (unpaired) electrons. The molecule has 0 aromatic carbocycles. The molecule has 0 aromatic rings. The van der Waals surface area contributed by atoms with Gasteiger partial charge >= 0.3 is 6.09 Å². The zero-order valence-electron chi connectivity index (χ0n) is 20.2. The molecule has 1 heterocycles. The van der Waals surface area contributed by atoms with E-state index in [1.54, 1.807) is 13.8 Å². The first-order valence-corrected chi connectivity index (χ1v) is 13.9. The Balaban J connectivity index is 1.75. The summed E-state index contributed by atoms with van der Waals surface area (Å²) >= 11 is 0. The van der Waals surface area contributed by atoms with Crippen molar-refractivity contribution in [3.8, 4) is 0 Å². The van der Waals surface area contributed by atoms with E-state index in [1.807, 2.05) is 30.6 Å². The summed E-state index contributed by atoms with van der Waals surface area (Å²) in [6.07, 6.45) is 6.08. The fourth-order valence-electron chi connectivity index (χ4n) is 6.21. The van der Waals surface area contributed by atoms with E-state index in [4.69, 9.17) is 4.74 Å². The van der Waals surface area contributed by atoms with E-state index in [9.17, 15) is 18.0 Å². The number of nitrogens with zero attached hydrogens (tertiary/aromatic N) is 2. The summed E-state index contributed by atoms with van der Waals surface area (Å²) in [6, 6.07) is -0.0657. The number of fused-ring (bicyclic) bond motifs is 1. The lowest BCUT2D eigenvalue weighted by molar-refractivity contribution is -0.142. The van der Waals surface area contributed by atoms with Crippen molar-refractivity contribution in [2.75, 3.05) is 12.3 Å². The molecule has 0 aromatic heterocycles. The normalized spacial score (nSPS) is 33.7. The number of hydrogen-bond donors (Lipinski definition) is 1. The van der Waals surface area contributed by atoms with E-state index < -0.39 is 10.0 Å². The number of nitrogens with one attached hydrogen (secondary N) is 1.